The molecule has 0 aromatic heterocycles. The van der Waals surface area contributed by atoms with Gasteiger partial charge in [-0.15, -0.1) is 0 Å². The van der Waals surface area contributed by atoms with Crippen LogP contribution in [-0.2, 0) is 9.31 Å². The van der Waals surface area contributed by atoms with Crippen LogP contribution in [0.25, 0.3) is 0 Å². The molecule has 1 aromatic rings. The number of nitrogens with zero attached hydrogens (tertiary/aromatic N) is 2. The van der Waals surface area contributed by atoms with Crippen molar-refractivity contribution in [3.8, 4) is 0 Å². The van der Waals surface area contributed by atoms with E-state index in [1.54, 1.807) is 0 Å². The van der Waals surface area contributed by atoms with Crippen LogP contribution in [0.1, 0.15) is 48.5 Å². The molecule has 0 aliphatic carbocycles. The molecule has 2 fully saturated rings. The number of anilines is 1. The lowest BCUT2D eigenvalue weighted by molar-refractivity contribution is 0.00578. The van der Waals surface area contributed by atoms with Crippen molar-refractivity contribution < 1.29 is 9.31 Å². The Bertz CT molecular complexity index is 600. The van der Waals surface area contributed by atoms with Gasteiger partial charge >= 0.3 is 7.12 Å². The fourth-order valence-corrected chi connectivity index (χ4v) is 3.48. The van der Waals surface area contributed by atoms with Gasteiger partial charge in [0.05, 0.1) is 11.2 Å². The molecule has 2 aliphatic rings. The molecule has 138 valence electrons. The zero-order valence-corrected chi connectivity index (χ0v) is 16.9. The first kappa shape index (κ1) is 18.7. The molecule has 0 amide bonds. The molecule has 0 saturated carbocycles. The Morgan fingerprint density at radius 2 is 1.48 bits per heavy atom. The summed E-state index contributed by atoms with van der Waals surface area (Å²) < 4.78 is 12.4. The maximum absolute atomic E-state index is 6.21. The quantitative estimate of drug-likeness (QED) is 0.771. The molecule has 2 saturated heterocycles. The number of piperazine rings is 1. The Balaban J connectivity index is 1.71. The van der Waals surface area contributed by atoms with Gasteiger partial charge in [-0.2, -0.15) is 0 Å². The van der Waals surface area contributed by atoms with Crippen LogP contribution in [0.4, 0.5) is 5.69 Å². The zero-order chi connectivity index (χ0) is 18.5. The molecule has 5 heteroatoms. The Kier molecular flexibility index (Phi) is 4.72. The summed E-state index contributed by atoms with van der Waals surface area (Å²) >= 11 is 0. The SMILES string of the molecule is CC(C)(C)N1CCN(c2cccc(B3OC(C)(C)C(C)(C)O3)c2)CC1. The van der Waals surface area contributed by atoms with Gasteiger partial charge < -0.3 is 14.2 Å². The van der Waals surface area contributed by atoms with E-state index in [0.29, 0.717) is 0 Å². The van der Waals surface area contributed by atoms with Crippen molar-refractivity contribution in [2.24, 2.45) is 0 Å². The predicted octanol–water partition coefficient (Wildman–Crippen LogP) is 2.91. The smallest absolute Gasteiger partial charge is 0.399 e. The van der Waals surface area contributed by atoms with Crippen LogP contribution in [-0.4, -0.2) is 54.9 Å². The number of hydrogen-bond acceptors (Lipinski definition) is 4. The second-order valence-corrected chi connectivity index (χ2v) is 9.33. The van der Waals surface area contributed by atoms with Crippen molar-refractivity contribution in [1.82, 2.24) is 4.90 Å². The highest BCUT2D eigenvalue weighted by Gasteiger charge is 2.51. The summed E-state index contributed by atoms with van der Waals surface area (Å²) in [6.45, 7) is 19.6. The second kappa shape index (κ2) is 6.29. The van der Waals surface area contributed by atoms with Crippen LogP contribution in [0.2, 0.25) is 0 Å². The molecule has 0 spiro atoms. The van der Waals surface area contributed by atoms with Crippen molar-refractivity contribution in [3.05, 3.63) is 24.3 Å². The molecule has 25 heavy (non-hydrogen) atoms. The number of rotatable bonds is 2. The van der Waals surface area contributed by atoms with Crippen LogP contribution >= 0.6 is 0 Å². The van der Waals surface area contributed by atoms with Crippen molar-refractivity contribution in [2.75, 3.05) is 31.1 Å². The van der Waals surface area contributed by atoms with Crippen molar-refractivity contribution in [1.29, 1.82) is 0 Å². The maximum atomic E-state index is 6.21. The second-order valence-electron chi connectivity index (χ2n) is 9.33. The first-order valence-electron chi connectivity index (χ1n) is 9.45. The van der Waals surface area contributed by atoms with E-state index in [1.807, 2.05) is 0 Å². The molecule has 0 bridgehead atoms. The van der Waals surface area contributed by atoms with Gasteiger partial charge in [0.15, 0.2) is 0 Å². The largest absolute Gasteiger partial charge is 0.494 e. The average molecular weight is 344 g/mol. The summed E-state index contributed by atoms with van der Waals surface area (Å²) in [4.78, 5) is 5.03. The first-order chi connectivity index (χ1) is 11.5. The summed E-state index contributed by atoms with van der Waals surface area (Å²) in [6.07, 6.45) is 0. The third-order valence-electron chi connectivity index (χ3n) is 5.99. The zero-order valence-electron chi connectivity index (χ0n) is 16.9. The lowest BCUT2D eigenvalue weighted by Gasteiger charge is -2.43. The molecule has 4 nitrogen and oxygen atoms in total. The Labute approximate surface area is 153 Å². The van der Waals surface area contributed by atoms with Gasteiger partial charge in [-0.25, -0.2) is 0 Å². The van der Waals surface area contributed by atoms with Gasteiger partial charge in [0.25, 0.3) is 0 Å². The minimum atomic E-state index is -0.300. The van der Waals surface area contributed by atoms with E-state index < -0.39 is 0 Å². The van der Waals surface area contributed by atoms with E-state index in [1.165, 1.54) is 5.69 Å². The van der Waals surface area contributed by atoms with Gasteiger partial charge in [0.1, 0.15) is 0 Å². The summed E-state index contributed by atoms with van der Waals surface area (Å²) in [7, 11) is -0.291. The first-order valence-corrected chi connectivity index (χ1v) is 9.45. The maximum Gasteiger partial charge on any atom is 0.494 e. The van der Waals surface area contributed by atoms with Gasteiger partial charge in [-0.3, -0.25) is 4.90 Å². The third-order valence-corrected chi connectivity index (χ3v) is 5.99. The normalized spacial score (nSPS) is 24.0. The fraction of sp³-hybridized carbons (Fsp3) is 0.700. The van der Waals surface area contributed by atoms with E-state index in [4.69, 9.17) is 9.31 Å². The van der Waals surface area contributed by atoms with E-state index in [0.717, 1.165) is 31.6 Å². The molecule has 2 heterocycles. The standard InChI is InChI=1S/C20H33BN2O2/c1-18(2,3)23-13-11-22(12-14-23)17-10-8-9-16(15-17)21-24-19(4,5)20(6,7)25-21/h8-10,15H,11-14H2,1-7H3. The number of hydrogen-bond donors (Lipinski definition) is 0. The lowest BCUT2D eigenvalue weighted by Crippen LogP contribution is -2.53. The molecule has 0 N–H and O–H groups in total. The molecule has 2 aliphatic heterocycles. The molecule has 0 unspecified atom stereocenters. The van der Waals surface area contributed by atoms with E-state index >= 15 is 0 Å². The topological polar surface area (TPSA) is 24.9 Å². The van der Waals surface area contributed by atoms with Crippen LogP contribution in [0.3, 0.4) is 0 Å². The predicted molar refractivity (Wildman–Crippen MR) is 106 cm³/mol. The minimum Gasteiger partial charge on any atom is -0.399 e. The molecule has 0 radical (unpaired) electrons. The molecule has 3 rings (SSSR count). The molecule has 0 atom stereocenters. The summed E-state index contributed by atoms with van der Waals surface area (Å²) in [5, 5.41) is 0. The highest BCUT2D eigenvalue weighted by atomic mass is 16.7. The highest BCUT2D eigenvalue weighted by molar-refractivity contribution is 6.62. The van der Waals surface area contributed by atoms with Gasteiger partial charge in [0.2, 0.25) is 0 Å². The van der Waals surface area contributed by atoms with Crippen LogP contribution in [0, 0.1) is 0 Å². The van der Waals surface area contributed by atoms with Gasteiger partial charge in [0, 0.05) is 37.4 Å². The Morgan fingerprint density at radius 1 is 0.920 bits per heavy atom. The van der Waals surface area contributed by atoms with E-state index in [9.17, 15) is 0 Å². The Morgan fingerprint density at radius 3 is 2.00 bits per heavy atom. The average Bonchev–Trinajstić information content (AvgIpc) is 2.75. The van der Waals surface area contributed by atoms with Crippen molar-refractivity contribution in [3.63, 3.8) is 0 Å². The van der Waals surface area contributed by atoms with Crippen molar-refractivity contribution >= 4 is 18.3 Å². The molecule has 1 aromatic carbocycles. The lowest BCUT2D eigenvalue weighted by atomic mass is 9.79. The summed E-state index contributed by atoms with van der Waals surface area (Å²) in [5.41, 5.74) is 2.02. The van der Waals surface area contributed by atoms with Crippen LogP contribution in [0.5, 0.6) is 0 Å². The minimum absolute atomic E-state index is 0.247. The monoisotopic (exact) mass is 344 g/mol. The van der Waals surface area contributed by atoms with Crippen molar-refractivity contribution in [2.45, 2.75) is 65.2 Å². The fourth-order valence-electron chi connectivity index (χ4n) is 3.48. The summed E-state index contributed by atoms with van der Waals surface area (Å²) in [6, 6.07) is 8.65. The number of benzene rings is 1. The van der Waals surface area contributed by atoms with Gasteiger partial charge in [-0.1, -0.05) is 12.1 Å². The van der Waals surface area contributed by atoms with Crippen LogP contribution in [0.15, 0.2) is 24.3 Å². The van der Waals surface area contributed by atoms with Gasteiger partial charge in [-0.05, 0) is 66.1 Å². The van der Waals surface area contributed by atoms with Crippen LogP contribution < -0.4 is 10.4 Å². The molecular formula is C20H33BN2O2. The molecular weight excluding hydrogens is 311 g/mol. The third kappa shape index (κ3) is 3.74. The summed E-state index contributed by atoms with van der Waals surface area (Å²) in [5.74, 6) is 0. The Hall–Kier alpha value is -1.04. The highest BCUT2D eigenvalue weighted by Crippen LogP contribution is 2.36. The van der Waals surface area contributed by atoms with E-state index in [2.05, 4.69) is 82.5 Å². The van der Waals surface area contributed by atoms with E-state index in [-0.39, 0.29) is 23.9 Å².